The van der Waals surface area contributed by atoms with Gasteiger partial charge in [-0.3, -0.25) is 9.69 Å². The lowest BCUT2D eigenvalue weighted by Gasteiger charge is -2.23. The van der Waals surface area contributed by atoms with Gasteiger partial charge in [0.25, 0.3) is 0 Å². The lowest BCUT2D eigenvalue weighted by molar-refractivity contribution is -0.142. The molecular weight excluding hydrogens is 212 g/mol. The lowest BCUT2D eigenvalue weighted by Crippen LogP contribution is -2.35. The number of aromatic nitrogens is 1. The fourth-order valence-corrected chi connectivity index (χ4v) is 1.80. The highest BCUT2D eigenvalue weighted by atomic mass is 32.1. The molecule has 0 unspecified atom stereocenters. The molecule has 0 aliphatic carbocycles. The largest absolute Gasteiger partial charge is 0.468 e. The van der Waals surface area contributed by atoms with Gasteiger partial charge in [0.15, 0.2) is 0 Å². The third kappa shape index (κ3) is 3.97. The molecule has 0 aromatic carbocycles. The second-order valence-corrected chi connectivity index (χ2v) is 4.48. The number of rotatable bonds is 5. The Labute approximate surface area is 93.9 Å². The number of carbonyl (C=O) groups is 1. The molecule has 0 atom stereocenters. The molecule has 4 nitrogen and oxygen atoms in total. The van der Waals surface area contributed by atoms with Crippen molar-refractivity contribution in [2.24, 2.45) is 0 Å². The SMILES string of the molecule is COC(=O)CN(Cc1nccs1)C(C)C. The molecule has 1 rings (SSSR count). The smallest absolute Gasteiger partial charge is 0.319 e. The number of carbonyl (C=O) groups excluding carboxylic acids is 1. The quantitative estimate of drug-likeness (QED) is 0.717. The van der Waals surface area contributed by atoms with Crippen LogP contribution in [0.1, 0.15) is 18.9 Å². The number of methoxy groups -OCH3 is 1. The number of esters is 1. The molecule has 0 radical (unpaired) electrons. The number of ether oxygens (including phenoxy) is 1. The number of nitrogens with zero attached hydrogens (tertiary/aromatic N) is 2. The van der Waals surface area contributed by atoms with Crippen molar-refractivity contribution >= 4 is 17.3 Å². The predicted molar refractivity (Wildman–Crippen MR) is 59.7 cm³/mol. The van der Waals surface area contributed by atoms with E-state index in [2.05, 4.69) is 23.6 Å². The Morgan fingerprint density at radius 2 is 2.40 bits per heavy atom. The minimum absolute atomic E-state index is 0.208. The van der Waals surface area contributed by atoms with Crippen LogP contribution in [0.15, 0.2) is 11.6 Å². The van der Waals surface area contributed by atoms with Gasteiger partial charge in [-0.25, -0.2) is 4.98 Å². The summed E-state index contributed by atoms with van der Waals surface area (Å²) in [6.45, 7) is 5.12. The van der Waals surface area contributed by atoms with E-state index < -0.39 is 0 Å². The molecule has 5 heteroatoms. The third-order valence-corrected chi connectivity index (χ3v) is 2.88. The topological polar surface area (TPSA) is 42.4 Å². The first-order chi connectivity index (χ1) is 7.13. The van der Waals surface area contributed by atoms with E-state index in [1.54, 1.807) is 17.5 Å². The van der Waals surface area contributed by atoms with Crippen LogP contribution in [0, 0.1) is 0 Å². The highest BCUT2D eigenvalue weighted by Crippen LogP contribution is 2.10. The highest BCUT2D eigenvalue weighted by Gasteiger charge is 2.15. The molecule has 0 saturated heterocycles. The normalized spacial score (nSPS) is 11.0. The molecule has 1 heterocycles. The molecule has 0 aliphatic heterocycles. The van der Waals surface area contributed by atoms with Gasteiger partial charge in [-0.05, 0) is 13.8 Å². The molecule has 1 aromatic heterocycles. The van der Waals surface area contributed by atoms with E-state index in [0.717, 1.165) is 5.01 Å². The predicted octanol–water partition coefficient (Wildman–Crippen LogP) is 1.53. The van der Waals surface area contributed by atoms with Crippen molar-refractivity contribution in [3.8, 4) is 0 Å². The second kappa shape index (κ2) is 5.82. The Hall–Kier alpha value is -0.940. The summed E-state index contributed by atoms with van der Waals surface area (Å²) < 4.78 is 4.65. The zero-order valence-corrected chi connectivity index (χ0v) is 10.1. The van der Waals surface area contributed by atoms with Crippen molar-refractivity contribution in [1.29, 1.82) is 0 Å². The van der Waals surface area contributed by atoms with E-state index in [1.807, 2.05) is 10.3 Å². The van der Waals surface area contributed by atoms with Gasteiger partial charge >= 0.3 is 5.97 Å². The van der Waals surface area contributed by atoms with E-state index in [9.17, 15) is 4.79 Å². The summed E-state index contributed by atoms with van der Waals surface area (Å²) in [6.07, 6.45) is 1.77. The summed E-state index contributed by atoms with van der Waals surface area (Å²) in [7, 11) is 1.41. The van der Waals surface area contributed by atoms with Crippen molar-refractivity contribution in [3.05, 3.63) is 16.6 Å². The summed E-state index contributed by atoms with van der Waals surface area (Å²) in [5, 5.41) is 2.96. The Balaban J connectivity index is 2.55. The van der Waals surface area contributed by atoms with Crippen molar-refractivity contribution in [2.45, 2.75) is 26.4 Å². The molecule has 0 spiro atoms. The highest BCUT2D eigenvalue weighted by molar-refractivity contribution is 7.09. The molecule has 1 aromatic rings. The van der Waals surface area contributed by atoms with Gasteiger partial charge in [0, 0.05) is 17.6 Å². The first kappa shape index (κ1) is 12.1. The fourth-order valence-electron chi connectivity index (χ4n) is 1.16. The molecule has 0 bridgehead atoms. The van der Waals surface area contributed by atoms with Gasteiger partial charge in [0.05, 0.1) is 20.2 Å². The summed E-state index contributed by atoms with van der Waals surface area (Å²) in [6, 6.07) is 0.299. The second-order valence-electron chi connectivity index (χ2n) is 3.50. The first-order valence-electron chi connectivity index (χ1n) is 4.82. The van der Waals surface area contributed by atoms with Crippen LogP contribution in [-0.4, -0.2) is 35.5 Å². The average Bonchev–Trinajstić information content (AvgIpc) is 2.69. The van der Waals surface area contributed by atoms with Crippen LogP contribution in [0.2, 0.25) is 0 Å². The summed E-state index contributed by atoms with van der Waals surface area (Å²) in [4.78, 5) is 17.4. The molecule has 0 amide bonds. The van der Waals surface area contributed by atoms with E-state index in [4.69, 9.17) is 0 Å². The maximum atomic E-state index is 11.2. The van der Waals surface area contributed by atoms with Crippen molar-refractivity contribution in [3.63, 3.8) is 0 Å². The van der Waals surface area contributed by atoms with E-state index >= 15 is 0 Å². The third-order valence-electron chi connectivity index (χ3n) is 2.11. The first-order valence-corrected chi connectivity index (χ1v) is 5.70. The Morgan fingerprint density at radius 3 is 2.87 bits per heavy atom. The Morgan fingerprint density at radius 1 is 1.67 bits per heavy atom. The molecule has 84 valence electrons. The average molecular weight is 228 g/mol. The molecule has 0 fully saturated rings. The number of thiazole rings is 1. The molecule has 0 N–H and O–H groups in total. The minimum atomic E-state index is -0.208. The van der Waals surface area contributed by atoms with Crippen LogP contribution < -0.4 is 0 Å². The maximum absolute atomic E-state index is 11.2. The zero-order valence-electron chi connectivity index (χ0n) is 9.27. The molecule has 15 heavy (non-hydrogen) atoms. The fraction of sp³-hybridized carbons (Fsp3) is 0.600. The maximum Gasteiger partial charge on any atom is 0.319 e. The molecular formula is C10H16N2O2S. The van der Waals surface area contributed by atoms with Crippen LogP contribution in [0.4, 0.5) is 0 Å². The van der Waals surface area contributed by atoms with Crippen LogP contribution in [0.5, 0.6) is 0 Å². The lowest BCUT2D eigenvalue weighted by atomic mass is 10.3. The minimum Gasteiger partial charge on any atom is -0.468 e. The van der Waals surface area contributed by atoms with Gasteiger partial charge in [-0.15, -0.1) is 11.3 Å². The standard InChI is InChI=1S/C10H16N2O2S/c1-8(2)12(7-10(13)14-3)6-9-11-4-5-15-9/h4-5,8H,6-7H2,1-3H3. The van der Waals surface area contributed by atoms with E-state index in [0.29, 0.717) is 19.1 Å². The van der Waals surface area contributed by atoms with Crippen molar-refractivity contribution < 1.29 is 9.53 Å². The summed E-state index contributed by atoms with van der Waals surface area (Å²) >= 11 is 1.60. The molecule has 0 aliphatic rings. The van der Waals surface area contributed by atoms with Gasteiger partial charge < -0.3 is 4.74 Å². The summed E-state index contributed by atoms with van der Waals surface area (Å²) in [5.41, 5.74) is 0. The van der Waals surface area contributed by atoms with Crippen LogP contribution >= 0.6 is 11.3 Å². The van der Waals surface area contributed by atoms with Gasteiger partial charge in [-0.2, -0.15) is 0 Å². The van der Waals surface area contributed by atoms with Gasteiger partial charge in [-0.1, -0.05) is 0 Å². The van der Waals surface area contributed by atoms with Crippen LogP contribution in [0.3, 0.4) is 0 Å². The Bertz CT molecular complexity index is 298. The van der Waals surface area contributed by atoms with E-state index in [-0.39, 0.29) is 5.97 Å². The van der Waals surface area contributed by atoms with Crippen molar-refractivity contribution in [1.82, 2.24) is 9.88 Å². The molecule has 0 saturated carbocycles. The van der Waals surface area contributed by atoms with Gasteiger partial charge in [0.1, 0.15) is 5.01 Å². The Kier molecular flexibility index (Phi) is 4.71. The van der Waals surface area contributed by atoms with Crippen LogP contribution in [-0.2, 0) is 16.1 Å². The van der Waals surface area contributed by atoms with Crippen LogP contribution in [0.25, 0.3) is 0 Å². The number of hydrogen-bond donors (Lipinski definition) is 0. The monoisotopic (exact) mass is 228 g/mol. The number of hydrogen-bond acceptors (Lipinski definition) is 5. The van der Waals surface area contributed by atoms with Crippen molar-refractivity contribution in [2.75, 3.05) is 13.7 Å². The zero-order chi connectivity index (χ0) is 11.3. The van der Waals surface area contributed by atoms with E-state index in [1.165, 1.54) is 7.11 Å². The van der Waals surface area contributed by atoms with Gasteiger partial charge in [0.2, 0.25) is 0 Å². The summed E-state index contributed by atoms with van der Waals surface area (Å²) in [5.74, 6) is -0.208.